The van der Waals surface area contributed by atoms with Gasteiger partial charge in [0.05, 0.1) is 4.90 Å². The van der Waals surface area contributed by atoms with Gasteiger partial charge in [0.1, 0.15) is 0 Å². The van der Waals surface area contributed by atoms with Crippen molar-refractivity contribution in [2.45, 2.75) is 23.9 Å². The van der Waals surface area contributed by atoms with E-state index in [-0.39, 0.29) is 35.8 Å². The van der Waals surface area contributed by atoms with E-state index in [1.807, 2.05) is 17.5 Å². The Morgan fingerprint density at radius 3 is 2.60 bits per heavy atom. The summed E-state index contributed by atoms with van der Waals surface area (Å²) in [6.07, 6.45) is 0.908. The zero-order chi connectivity index (χ0) is 17.0. The van der Waals surface area contributed by atoms with E-state index >= 15 is 0 Å². The normalized spacial score (nSPS) is 17.0. The maximum Gasteiger partial charge on any atom is 0.251 e. The number of nitrogens with one attached hydrogen (secondary N) is 3. The lowest BCUT2D eigenvalue weighted by molar-refractivity contribution is 0.0940. The fourth-order valence-electron chi connectivity index (χ4n) is 2.49. The van der Waals surface area contributed by atoms with Crippen molar-refractivity contribution in [3.63, 3.8) is 0 Å². The highest BCUT2D eigenvalue weighted by Crippen LogP contribution is 2.13. The minimum absolute atomic E-state index is 0. The summed E-state index contributed by atoms with van der Waals surface area (Å²) >= 11 is 1.50. The van der Waals surface area contributed by atoms with Crippen LogP contribution in [0, 0.1) is 0 Å². The number of carbonyl (C=O) groups excluding carboxylic acids is 1. The molecule has 2 aromatic rings. The van der Waals surface area contributed by atoms with Gasteiger partial charge in [0.2, 0.25) is 10.0 Å². The third-order valence-corrected chi connectivity index (χ3v) is 6.13. The molecule has 2 heterocycles. The lowest BCUT2D eigenvalue weighted by atomic mass is 10.2. The first-order chi connectivity index (χ1) is 11.5. The third-order valence-electron chi connectivity index (χ3n) is 3.84. The molecule has 25 heavy (non-hydrogen) atoms. The van der Waals surface area contributed by atoms with Crippen LogP contribution in [0.1, 0.15) is 21.7 Å². The average Bonchev–Trinajstić information content (AvgIpc) is 3.27. The van der Waals surface area contributed by atoms with Gasteiger partial charge in [-0.2, -0.15) is 0 Å². The molecule has 6 nitrogen and oxygen atoms in total. The minimum Gasteiger partial charge on any atom is -0.348 e. The van der Waals surface area contributed by atoms with E-state index in [2.05, 4.69) is 15.4 Å². The molecule has 1 unspecified atom stereocenters. The van der Waals surface area contributed by atoms with Crippen molar-refractivity contribution in [2.75, 3.05) is 13.1 Å². The first-order valence-electron chi connectivity index (χ1n) is 7.68. The van der Waals surface area contributed by atoms with Gasteiger partial charge in [0.15, 0.2) is 0 Å². The summed E-state index contributed by atoms with van der Waals surface area (Å²) in [5, 5.41) is 8.01. The van der Waals surface area contributed by atoms with Gasteiger partial charge in [-0.1, -0.05) is 6.07 Å². The summed E-state index contributed by atoms with van der Waals surface area (Å²) in [5.41, 5.74) is 0.458. The second-order valence-electron chi connectivity index (χ2n) is 5.59. The molecule has 1 amide bonds. The summed E-state index contributed by atoms with van der Waals surface area (Å²) < 4.78 is 27.1. The van der Waals surface area contributed by atoms with Crippen molar-refractivity contribution in [1.82, 2.24) is 15.4 Å². The van der Waals surface area contributed by atoms with Crippen LogP contribution in [0.25, 0.3) is 0 Å². The van der Waals surface area contributed by atoms with Crippen molar-refractivity contribution >= 4 is 39.7 Å². The SMILES string of the molecule is Cl.O=C(NC1CCNC1)c1ccc(S(=O)(=O)NCc2cccs2)cc1. The van der Waals surface area contributed by atoms with Gasteiger partial charge in [0.25, 0.3) is 5.91 Å². The van der Waals surface area contributed by atoms with Crippen LogP contribution in [-0.4, -0.2) is 33.5 Å². The number of amides is 1. The van der Waals surface area contributed by atoms with Crippen LogP contribution in [-0.2, 0) is 16.6 Å². The number of hydrogen-bond acceptors (Lipinski definition) is 5. The first kappa shape index (κ1) is 19.9. The van der Waals surface area contributed by atoms with E-state index < -0.39 is 10.0 Å². The van der Waals surface area contributed by atoms with Gasteiger partial charge in [0, 0.05) is 29.6 Å². The standard InChI is InChI=1S/C16H19N3O3S2.ClH/c20-16(19-13-7-8-17-10-13)12-3-5-15(6-4-12)24(21,22)18-11-14-2-1-9-23-14;/h1-6,9,13,17-18H,7-8,10-11H2,(H,19,20);1H. The summed E-state index contributed by atoms with van der Waals surface area (Å²) in [5.74, 6) is -0.181. The molecule has 0 saturated carbocycles. The van der Waals surface area contributed by atoms with Crippen LogP contribution in [0.5, 0.6) is 0 Å². The van der Waals surface area contributed by atoms with E-state index in [1.165, 1.54) is 35.6 Å². The topological polar surface area (TPSA) is 87.3 Å². The first-order valence-corrected chi connectivity index (χ1v) is 10.0. The Morgan fingerprint density at radius 1 is 1.24 bits per heavy atom. The van der Waals surface area contributed by atoms with Crippen molar-refractivity contribution in [2.24, 2.45) is 0 Å². The summed E-state index contributed by atoms with van der Waals surface area (Å²) in [4.78, 5) is 13.2. The van der Waals surface area contributed by atoms with E-state index in [0.29, 0.717) is 5.56 Å². The minimum atomic E-state index is -3.59. The Hall–Kier alpha value is -1.45. The summed E-state index contributed by atoms with van der Waals surface area (Å²) in [7, 11) is -3.59. The quantitative estimate of drug-likeness (QED) is 0.688. The van der Waals surface area contributed by atoms with Crippen LogP contribution in [0.15, 0.2) is 46.7 Å². The molecule has 1 saturated heterocycles. The maximum absolute atomic E-state index is 12.3. The highest BCUT2D eigenvalue weighted by Gasteiger charge is 2.19. The molecule has 3 rings (SSSR count). The van der Waals surface area contributed by atoms with Crippen molar-refractivity contribution in [1.29, 1.82) is 0 Å². The largest absolute Gasteiger partial charge is 0.348 e. The number of rotatable bonds is 6. The van der Waals surface area contributed by atoms with E-state index in [9.17, 15) is 13.2 Å². The Morgan fingerprint density at radius 2 is 2.00 bits per heavy atom. The van der Waals surface area contributed by atoms with Gasteiger partial charge in [-0.15, -0.1) is 23.7 Å². The maximum atomic E-state index is 12.3. The second-order valence-corrected chi connectivity index (χ2v) is 8.39. The zero-order valence-electron chi connectivity index (χ0n) is 13.4. The van der Waals surface area contributed by atoms with Crippen LogP contribution >= 0.6 is 23.7 Å². The van der Waals surface area contributed by atoms with Crippen LogP contribution in [0.3, 0.4) is 0 Å². The average molecular weight is 402 g/mol. The van der Waals surface area contributed by atoms with Crippen LogP contribution in [0.4, 0.5) is 0 Å². The van der Waals surface area contributed by atoms with Gasteiger partial charge < -0.3 is 10.6 Å². The molecule has 0 aliphatic carbocycles. The van der Waals surface area contributed by atoms with E-state index in [0.717, 1.165) is 24.4 Å². The van der Waals surface area contributed by atoms with Crippen LogP contribution < -0.4 is 15.4 Å². The number of halogens is 1. The Kier molecular flexibility index (Phi) is 6.97. The molecule has 1 aliphatic rings. The number of carbonyl (C=O) groups is 1. The Bertz CT molecular complexity index is 787. The summed E-state index contributed by atoms with van der Waals surface area (Å²) in [6, 6.07) is 9.87. The highest BCUT2D eigenvalue weighted by atomic mass is 35.5. The van der Waals surface area contributed by atoms with Crippen molar-refractivity contribution in [3.8, 4) is 0 Å². The fourth-order valence-corrected chi connectivity index (χ4v) is 4.24. The monoisotopic (exact) mass is 401 g/mol. The Labute approximate surface area is 157 Å². The molecular formula is C16H20ClN3O3S2. The third kappa shape index (κ3) is 5.26. The van der Waals surface area contributed by atoms with Crippen molar-refractivity contribution < 1.29 is 13.2 Å². The molecule has 9 heteroatoms. The van der Waals surface area contributed by atoms with Gasteiger partial charge >= 0.3 is 0 Å². The number of benzene rings is 1. The van der Waals surface area contributed by atoms with E-state index in [4.69, 9.17) is 0 Å². The molecule has 1 atom stereocenters. The molecule has 136 valence electrons. The van der Waals surface area contributed by atoms with Crippen LogP contribution in [0.2, 0.25) is 0 Å². The predicted molar refractivity (Wildman–Crippen MR) is 101 cm³/mol. The molecule has 1 aromatic carbocycles. The second kappa shape index (κ2) is 8.77. The van der Waals surface area contributed by atoms with Gasteiger partial charge in [-0.05, 0) is 48.7 Å². The molecule has 3 N–H and O–H groups in total. The zero-order valence-corrected chi connectivity index (χ0v) is 15.8. The molecule has 1 aliphatic heterocycles. The Balaban J connectivity index is 0.00000225. The summed E-state index contributed by atoms with van der Waals surface area (Å²) in [6.45, 7) is 1.93. The van der Waals surface area contributed by atoms with E-state index in [1.54, 1.807) is 0 Å². The van der Waals surface area contributed by atoms with Gasteiger partial charge in [-0.25, -0.2) is 13.1 Å². The molecule has 1 fully saturated rings. The molecule has 0 radical (unpaired) electrons. The highest BCUT2D eigenvalue weighted by molar-refractivity contribution is 7.89. The number of hydrogen-bond donors (Lipinski definition) is 3. The molecular weight excluding hydrogens is 382 g/mol. The fraction of sp³-hybridized carbons (Fsp3) is 0.312. The number of thiophene rings is 1. The predicted octanol–water partition coefficient (Wildman–Crippen LogP) is 1.74. The molecule has 0 spiro atoms. The van der Waals surface area contributed by atoms with Crippen molar-refractivity contribution in [3.05, 3.63) is 52.2 Å². The number of sulfonamides is 1. The smallest absolute Gasteiger partial charge is 0.251 e. The lowest BCUT2D eigenvalue weighted by Crippen LogP contribution is -2.36. The lowest BCUT2D eigenvalue weighted by Gasteiger charge is -2.11. The van der Waals surface area contributed by atoms with Gasteiger partial charge in [-0.3, -0.25) is 4.79 Å². The molecule has 1 aromatic heterocycles. The molecule has 0 bridgehead atoms.